The molecule has 2 rings (SSSR count). The van der Waals surface area contributed by atoms with Crippen molar-refractivity contribution in [2.75, 3.05) is 13.2 Å². The van der Waals surface area contributed by atoms with Crippen LogP contribution in [0.15, 0.2) is 27.7 Å². The van der Waals surface area contributed by atoms with Crippen LogP contribution in [0, 0.1) is 0 Å². The van der Waals surface area contributed by atoms with Crippen molar-refractivity contribution in [2.24, 2.45) is 4.99 Å². The molecule has 0 amide bonds. The zero-order chi connectivity index (χ0) is 8.39. The van der Waals surface area contributed by atoms with Crippen molar-refractivity contribution in [1.29, 1.82) is 0 Å². The Labute approximate surface area is 91.5 Å². The molecule has 1 aliphatic rings. The number of halogens is 2. The van der Waals surface area contributed by atoms with Crippen LogP contribution in [-0.2, 0) is 0 Å². The largest absolute Gasteiger partial charge is 0.491 e. The van der Waals surface area contributed by atoms with Gasteiger partial charge in [0, 0.05) is 16.3 Å². The minimum atomic E-state index is 0. The van der Waals surface area contributed by atoms with Crippen LogP contribution in [0.2, 0.25) is 0 Å². The molecule has 0 aliphatic carbocycles. The Hall–Kier alpha value is -0.540. The van der Waals surface area contributed by atoms with Gasteiger partial charge in [-0.15, -0.1) is 12.4 Å². The van der Waals surface area contributed by atoms with Gasteiger partial charge in [0.05, 0.1) is 6.54 Å². The minimum Gasteiger partial charge on any atom is -0.491 e. The maximum Gasteiger partial charge on any atom is 0.128 e. The Morgan fingerprint density at radius 2 is 2.23 bits per heavy atom. The number of nitrogens with zero attached hydrogens (tertiary/aromatic N) is 1. The molecule has 1 aromatic rings. The number of aliphatic imine (C=N–C) groups is 1. The third kappa shape index (κ3) is 2.45. The molecule has 0 radical (unpaired) electrons. The zero-order valence-corrected chi connectivity index (χ0v) is 9.27. The van der Waals surface area contributed by atoms with Crippen LogP contribution in [0.25, 0.3) is 0 Å². The van der Waals surface area contributed by atoms with E-state index >= 15 is 0 Å². The topological polar surface area (TPSA) is 21.6 Å². The smallest absolute Gasteiger partial charge is 0.128 e. The predicted molar refractivity (Wildman–Crippen MR) is 59.3 cm³/mol. The molecule has 1 heterocycles. The third-order valence-electron chi connectivity index (χ3n) is 1.68. The first kappa shape index (κ1) is 10.5. The monoisotopic (exact) mass is 261 g/mol. The van der Waals surface area contributed by atoms with Crippen LogP contribution in [0.4, 0.5) is 0 Å². The van der Waals surface area contributed by atoms with Crippen molar-refractivity contribution in [3.05, 3.63) is 28.2 Å². The minimum absolute atomic E-state index is 0. The van der Waals surface area contributed by atoms with Gasteiger partial charge in [-0.25, -0.2) is 0 Å². The molecule has 0 atom stereocenters. The van der Waals surface area contributed by atoms with E-state index < -0.39 is 0 Å². The summed E-state index contributed by atoms with van der Waals surface area (Å²) in [4.78, 5) is 4.18. The summed E-state index contributed by atoms with van der Waals surface area (Å²) in [7, 11) is 0. The number of fused-ring (bicyclic) bond motifs is 1. The first-order valence-electron chi connectivity index (χ1n) is 3.78. The summed E-state index contributed by atoms with van der Waals surface area (Å²) in [5, 5.41) is 0. The van der Waals surface area contributed by atoms with E-state index in [0.717, 1.165) is 22.3 Å². The Balaban J connectivity index is 0.000000845. The van der Waals surface area contributed by atoms with E-state index in [1.165, 1.54) is 0 Å². The summed E-state index contributed by atoms with van der Waals surface area (Å²) in [6, 6.07) is 5.93. The Kier molecular flexibility index (Phi) is 3.75. The maximum absolute atomic E-state index is 5.46. The van der Waals surface area contributed by atoms with Gasteiger partial charge in [-0.2, -0.15) is 0 Å². The van der Waals surface area contributed by atoms with Crippen molar-refractivity contribution in [3.8, 4) is 5.75 Å². The second kappa shape index (κ2) is 4.63. The van der Waals surface area contributed by atoms with Crippen LogP contribution in [0.1, 0.15) is 5.56 Å². The standard InChI is InChI=1S/C9H8BrNO.ClH/c10-8-1-2-9-7(5-8)6-11-3-4-12-9;/h1-2,5-6H,3-4H2;1H. The highest BCUT2D eigenvalue weighted by Gasteiger charge is 2.04. The van der Waals surface area contributed by atoms with Crippen LogP contribution in [0.3, 0.4) is 0 Å². The molecule has 0 fully saturated rings. The van der Waals surface area contributed by atoms with E-state index in [-0.39, 0.29) is 12.4 Å². The Morgan fingerprint density at radius 3 is 3.08 bits per heavy atom. The number of ether oxygens (including phenoxy) is 1. The molecule has 1 aliphatic heterocycles. The number of rotatable bonds is 0. The molecule has 0 bridgehead atoms. The lowest BCUT2D eigenvalue weighted by molar-refractivity contribution is 0.331. The molecule has 0 aromatic heterocycles. The van der Waals surface area contributed by atoms with E-state index in [2.05, 4.69) is 20.9 Å². The molecule has 1 aromatic carbocycles. The van der Waals surface area contributed by atoms with Gasteiger partial charge in [0.1, 0.15) is 12.4 Å². The van der Waals surface area contributed by atoms with Crippen molar-refractivity contribution >= 4 is 34.6 Å². The van der Waals surface area contributed by atoms with Gasteiger partial charge in [0.25, 0.3) is 0 Å². The number of hydrogen-bond donors (Lipinski definition) is 0. The van der Waals surface area contributed by atoms with Crippen LogP contribution in [-0.4, -0.2) is 19.4 Å². The second-order valence-corrected chi connectivity index (χ2v) is 3.48. The first-order valence-corrected chi connectivity index (χ1v) is 4.58. The highest BCUT2D eigenvalue weighted by atomic mass is 79.9. The lowest BCUT2D eigenvalue weighted by Gasteiger charge is -2.04. The molecule has 13 heavy (non-hydrogen) atoms. The second-order valence-electron chi connectivity index (χ2n) is 2.57. The summed E-state index contributed by atoms with van der Waals surface area (Å²) in [6.07, 6.45) is 1.85. The molecule has 0 unspecified atom stereocenters. The van der Waals surface area contributed by atoms with Crippen molar-refractivity contribution in [1.82, 2.24) is 0 Å². The summed E-state index contributed by atoms with van der Waals surface area (Å²) in [6.45, 7) is 1.41. The van der Waals surface area contributed by atoms with Gasteiger partial charge >= 0.3 is 0 Å². The molecule has 4 heteroatoms. The summed E-state index contributed by atoms with van der Waals surface area (Å²) in [5.41, 5.74) is 1.04. The number of hydrogen-bond acceptors (Lipinski definition) is 2. The quantitative estimate of drug-likeness (QED) is 0.704. The van der Waals surface area contributed by atoms with Gasteiger partial charge in [0.2, 0.25) is 0 Å². The van der Waals surface area contributed by atoms with Crippen molar-refractivity contribution < 1.29 is 4.74 Å². The Bertz CT molecular complexity index is 327. The molecular formula is C9H9BrClNO. The highest BCUT2D eigenvalue weighted by Crippen LogP contribution is 2.22. The van der Waals surface area contributed by atoms with E-state index in [1.807, 2.05) is 24.4 Å². The summed E-state index contributed by atoms with van der Waals surface area (Å²) < 4.78 is 6.51. The molecule has 70 valence electrons. The average molecular weight is 263 g/mol. The van der Waals surface area contributed by atoms with Gasteiger partial charge in [-0.1, -0.05) is 15.9 Å². The van der Waals surface area contributed by atoms with E-state index in [9.17, 15) is 0 Å². The van der Waals surface area contributed by atoms with E-state index in [4.69, 9.17) is 4.74 Å². The molecule has 0 saturated carbocycles. The molecule has 0 spiro atoms. The van der Waals surface area contributed by atoms with Crippen LogP contribution in [0.5, 0.6) is 5.75 Å². The molecule has 0 saturated heterocycles. The van der Waals surface area contributed by atoms with E-state index in [0.29, 0.717) is 6.61 Å². The third-order valence-corrected chi connectivity index (χ3v) is 2.17. The van der Waals surface area contributed by atoms with Gasteiger partial charge < -0.3 is 4.74 Å². The highest BCUT2D eigenvalue weighted by molar-refractivity contribution is 9.10. The first-order chi connectivity index (χ1) is 5.86. The average Bonchev–Trinajstić information content (AvgIpc) is 2.28. The fraction of sp³-hybridized carbons (Fsp3) is 0.222. The molecule has 0 N–H and O–H groups in total. The zero-order valence-electron chi connectivity index (χ0n) is 6.87. The molecular weight excluding hydrogens is 253 g/mol. The maximum atomic E-state index is 5.46. The van der Waals surface area contributed by atoms with Gasteiger partial charge in [0.15, 0.2) is 0 Å². The predicted octanol–water partition coefficient (Wildman–Crippen LogP) is 2.68. The lowest BCUT2D eigenvalue weighted by atomic mass is 10.2. The summed E-state index contributed by atoms with van der Waals surface area (Å²) >= 11 is 3.40. The number of benzene rings is 1. The van der Waals surface area contributed by atoms with Crippen LogP contribution >= 0.6 is 28.3 Å². The fourth-order valence-electron chi connectivity index (χ4n) is 1.12. The van der Waals surface area contributed by atoms with Gasteiger partial charge in [-0.3, -0.25) is 4.99 Å². The van der Waals surface area contributed by atoms with Gasteiger partial charge in [-0.05, 0) is 18.2 Å². The van der Waals surface area contributed by atoms with Crippen molar-refractivity contribution in [3.63, 3.8) is 0 Å². The SMILES string of the molecule is Brc1ccc2c(c1)C=NCCO2.Cl. The normalized spacial score (nSPS) is 13.6. The molecule has 2 nitrogen and oxygen atoms in total. The van der Waals surface area contributed by atoms with Crippen LogP contribution < -0.4 is 4.74 Å². The van der Waals surface area contributed by atoms with E-state index in [1.54, 1.807) is 0 Å². The lowest BCUT2D eigenvalue weighted by Crippen LogP contribution is -1.98. The van der Waals surface area contributed by atoms with Crippen molar-refractivity contribution in [2.45, 2.75) is 0 Å². The summed E-state index contributed by atoms with van der Waals surface area (Å²) in [5.74, 6) is 0.916. The fourth-order valence-corrected chi connectivity index (χ4v) is 1.50. The Morgan fingerprint density at radius 1 is 1.38 bits per heavy atom.